The van der Waals surface area contributed by atoms with Crippen molar-refractivity contribution >= 4 is 17.6 Å². The number of carbonyl (C=O) groups is 2. The Morgan fingerprint density at radius 1 is 1.29 bits per heavy atom. The first-order valence-corrected chi connectivity index (χ1v) is 8.92. The molecule has 5 heteroatoms. The van der Waals surface area contributed by atoms with Gasteiger partial charge in [0.25, 0.3) is 0 Å². The molecule has 0 saturated heterocycles. The SMILES string of the molecule is CC(C)[C@H](C)N(C(=O)NC[C@@H]1CC(=O)Nc2ccccc21)C1CC1. The lowest BCUT2D eigenvalue weighted by atomic mass is 9.90. The van der Waals surface area contributed by atoms with E-state index in [0.717, 1.165) is 24.1 Å². The molecule has 0 unspecified atom stereocenters. The highest BCUT2D eigenvalue weighted by molar-refractivity contribution is 5.94. The summed E-state index contributed by atoms with van der Waals surface area (Å²) in [6.07, 6.45) is 2.61. The van der Waals surface area contributed by atoms with Crippen molar-refractivity contribution in [3.8, 4) is 0 Å². The number of hydrogen-bond donors (Lipinski definition) is 2. The molecule has 5 nitrogen and oxygen atoms in total. The zero-order valence-corrected chi connectivity index (χ0v) is 14.7. The van der Waals surface area contributed by atoms with Crippen molar-refractivity contribution in [1.82, 2.24) is 10.2 Å². The fourth-order valence-electron chi connectivity index (χ4n) is 3.34. The van der Waals surface area contributed by atoms with Gasteiger partial charge in [0, 0.05) is 36.7 Å². The Morgan fingerprint density at radius 2 is 2.00 bits per heavy atom. The number of carbonyl (C=O) groups excluding carboxylic acids is 2. The van der Waals surface area contributed by atoms with Crippen molar-refractivity contribution in [2.24, 2.45) is 5.92 Å². The van der Waals surface area contributed by atoms with E-state index in [1.807, 2.05) is 29.2 Å². The quantitative estimate of drug-likeness (QED) is 0.870. The summed E-state index contributed by atoms with van der Waals surface area (Å²) in [7, 11) is 0. The van der Waals surface area contributed by atoms with Gasteiger partial charge in [-0.2, -0.15) is 0 Å². The van der Waals surface area contributed by atoms with Crippen molar-refractivity contribution in [1.29, 1.82) is 0 Å². The Morgan fingerprint density at radius 3 is 2.67 bits per heavy atom. The summed E-state index contributed by atoms with van der Waals surface area (Å²) in [6.45, 7) is 6.91. The van der Waals surface area contributed by atoms with Crippen LogP contribution in [0.15, 0.2) is 24.3 Å². The van der Waals surface area contributed by atoms with E-state index < -0.39 is 0 Å². The molecule has 1 aliphatic heterocycles. The Balaban J connectivity index is 1.66. The largest absolute Gasteiger partial charge is 0.337 e. The Kier molecular flexibility index (Phi) is 4.78. The highest BCUT2D eigenvalue weighted by Crippen LogP contribution is 2.33. The van der Waals surface area contributed by atoms with Crippen molar-refractivity contribution in [2.75, 3.05) is 11.9 Å². The maximum absolute atomic E-state index is 12.7. The molecule has 2 N–H and O–H groups in total. The van der Waals surface area contributed by atoms with Crippen LogP contribution < -0.4 is 10.6 Å². The van der Waals surface area contributed by atoms with Crippen LogP contribution in [0.2, 0.25) is 0 Å². The molecule has 24 heavy (non-hydrogen) atoms. The second-order valence-corrected chi connectivity index (χ2v) is 7.35. The molecule has 3 amide bonds. The predicted molar refractivity (Wildman–Crippen MR) is 95.0 cm³/mol. The lowest BCUT2D eigenvalue weighted by molar-refractivity contribution is -0.116. The van der Waals surface area contributed by atoms with Crippen LogP contribution in [0.5, 0.6) is 0 Å². The second-order valence-electron chi connectivity index (χ2n) is 7.35. The fourth-order valence-corrected chi connectivity index (χ4v) is 3.34. The first-order chi connectivity index (χ1) is 11.5. The molecule has 1 aliphatic carbocycles. The van der Waals surface area contributed by atoms with E-state index in [-0.39, 0.29) is 23.9 Å². The zero-order valence-electron chi connectivity index (χ0n) is 14.7. The number of fused-ring (bicyclic) bond motifs is 1. The van der Waals surface area contributed by atoms with Gasteiger partial charge in [-0.05, 0) is 37.3 Å². The van der Waals surface area contributed by atoms with E-state index >= 15 is 0 Å². The monoisotopic (exact) mass is 329 g/mol. The van der Waals surface area contributed by atoms with Crippen LogP contribution in [-0.2, 0) is 4.79 Å². The molecule has 3 rings (SSSR count). The number of benzene rings is 1. The van der Waals surface area contributed by atoms with Gasteiger partial charge in [-0.15, -0.1) is 0 Å². The van der Waals surface area contributed by atoms with Crippen molar-refractivity contribution in [2.45, 2.75) is 58.0 Å². The molecular weight excluding hydrogens is 302 g/mol. The highest BCUT2D eigenvalue weighted by atomic mass is 16.2. The molecule has 0 spiro atoms. The van der Waals surface area contributed by atoms with Crippen LogP contribution in [0.4, 0.5) is 10.5 Å². The molecule has 1 saturated carbocycles. The summed E-state index contributed by atoms with van der Waals surface area (Å²) in [5, 5.41) is 5.98. The van der Waals surface area contributed by atoms with E-state index in [1.54, 1.807) is 0 Å². The van der Waals surface area contributed by atoms with Crippen molar-refractivity contribution < 1.29 is 9.59 Å². The third-order valence-corrected chi connectivity index (χ3v) is 5.18. The van der Waals surface area contributed by atoms with Crippen LogP contribution in [0.3, 0.4) is 0 Å². The van der Waals surface area contributed by atoms with Gasteiger partial charge >= 0.3 is 6.03 Å². The molecule has 130 valence electrons. The molecule has 0 radical (unpaired) electrons. The number of nitrogens with one attached hydrogen (secondary N) is 2. The summed E-state index contributed by atoms with van der Waals surface area (Å²) >= 11 is 0. The normalized spacial score (nSPS) is 21.0. The van der Waals surface area contributed by atoms with E-state index in [0.29, 0.717) is 24.9 Å². The zero-order chi connectivity index (χ0) is 17.3. The average molecular weight is 329 g/mol. The number of anilines is 1. The van der Waals surface area contributed by atoms with E-state index in [1.165, 1.54) is 0 Å². The van der Waals surface area contributed by atoms with Gasteiger partial charge in [-0.3, -0.25) is 4.79 Å². The summed E-state index contributed by atoms with van der Waals surface area (Å²) in [4.78, 5) is 26.6. The number of urea groups is 1. The molecule has 1 aromatic carbocycles. The van der Waals surface area contributed by atoms with Crippen LogP contribution in [-0.4, -0.2) is 35.5 Å². The summed E-state index contributed by atoms with van der Waals surface area (Å²) in [5.41, 5.74) is 1.97. The fraction of sp³-hybridized carbons (Fsp3) is 0.579. The highest BCUT2D eigenvalue weighted by Gasteiger charge is 2.37. The van der Waals surface area contributed by atoms with Gasteiger partial charge in [-0.1, -0.05) is 32.0 Å². The number of hydrogen-bond acceptors (Lipinski definition) is 2. The van der Waals surface area contributed by atoms with Crippen LogP contribution in [0, 0.1) is 5.92 Å². The predicted octanol–water partition coefficient (Wildman–Crippen LogP) is 3.33. The summed E-state index contributed by atoms with van der Waals surface area (Å²) in [5.74, 6) is 0.481. The number of nitrogens with zero attached hydrogens (tertiary/aromatic N) is 1. The third kappa shape index (κ3) is 3.55. The van der Waals surface area contributed by atoms with Gasteiger partial charge in [-0.25, -0.2) is 4.79 Å². The van der Waals surface area contributed by atoms with Crippen LogP contribution in [0.1, 0.15) is 51.5 Å². The Labute approximate surface area is 143 Å². The average Bonchev–Trinajstić information content (AvgIpc) is 3.37. The minimum Gasteiger partial charge on any atom is -0.337 e. The van der Waals surface area contributed by atoms with Crippen molar-refractivity contribution in [3.63, 3.8) is 0 Å². The van der Waals surface area contributed by atoms with Crippen LogP contribution >= 0.6 is 0 Å². The van der Waals surface area contributed by atoms with E-state index in [9.17, 15) is 9.59 Å². The molecule has 2 atom stereocenters. The topological polar surface area (TPSA) is 61.4 Å². The molecule has 2 aliphatic rings. The lowest BCUT2D eigenvalue weighted by Crippen LogP contribution is -2.49. The van der Waals surface area contributed by atoms with Gasteiger partial charge in [0.05, 0.1) is 0 Å². The molecule has 0 aromatic heterocycles. The third-order valence-electron chi connectivity index (χ3n) is 5.18. The van der Waals surface area contributed by atoms with Gasteiger partial charge in [0.2, 0.25) is 5.91 Å². The second kappa shape index (κ2) is 6.83. The molecule has 0 bridgehead atoms. The summed E-state index contributed by atoms with van der Waals surface area (Å²) < 4.78 is 0. The Bertz CT molecular complexity index is 625. The molecular formula is C19H27N3O2. The van der Waals surface area contributed by atoms with Crippen molar-refractivity contribution in [3.05, 3.63) is 29.8 Å². The van der Waals surface area contributed by atoms with Gasteiger partial charge in [0.1, 0.15) is 0 Å². The van der Waals surface area contributed by atoms with E-state index in [2.05, 4.69) is 31.4 Å². The smallest absolute Gasteiger partial charge is 0.317 e. The van der Waals surface area contributed by atoms with Crippen LogP contribution in [0.25, 0.3) is 0 Å². The number of amides is 3. The molecule has 1 aromatic rings. The minimum atomic E-state index is 0.00200. The number of rotatable bonds is 5. The van der Waals surface area contributed by atoms with Gasteiger partial charge < -0.3 is 15.5 Å². The standard InChI is InChI=1S/C19H27N3O2/c1-12(2)13(3)22(15-8-9-15)19(24)20-11-14-10-18(23)21-17-7-5-4-6-16(14)17/h4-7,12-15H,8-11H2,1-3H3,(H,20,24)(H,21,23)/t13-,14-/m0/s1. The summed E-state index contributed by atoms with van der Waals surface area (Å²) in [6, 6.07) is 8.44. The molecule has 1 heterocycles. The van der Waals surface area contributed by atoms with Gasteiger partial charge in [0.15, 0.2) is 0 Å². The maximum atomic E-state index is 12.7. The number of para-hydroxylation sites is 1. The minimum absolute atomic E-state index is 0.00200. The molecule has 1 fully saturated rings. The lowest BCUT2D eigenvalue weighted by Gasteiger charge is -2.33. The maximum Gasteiger partial charge on any atom is 0.317 e. The first kappa shape index (κ1) is 16.8. The Hall–Kier alpha value is -2.04. The van der Waals surface area contributed by atoms with E-state index in [4.69, 9.17) is 0 Å². The first-order valence-electron chi connectivity index (χ1n) is 8.92.